The van der Waals surface area contributed by atoms with E-state index in [1.807, 2.05) is 31.2 Å². The highest BCUT2D eigenvalue weighted by Gasteiger charge is 2.32. The number of piperazine rings is 1. The molecule has 2 heterocycles. The van der Waals surface area contributed by atoms with Crippen molar-refractivity contribution in [3.05, 3.63) is 59.9 Å². The second kappa shape index (κ2) is 7.62. The predicted molar refractivity (Wildman–Crippen MR) is 107 cm³/mol. The third kappa shape index (κ3) is 3.59. The van der Waals surface area contributed by atoms with Gasteiger partial charge in [0.05, 0.1) is 0 Å². The van der Waals surface area contributed by atoms with Crippen LogP contribution in [0.4, 0.5) is 15.8 Å². The van der Waals surface area contributed by atoms with Crippen LogP contribution in [0.5, 0.6) is 0 Å². The number of carbonyl (C=O) groups excluding carboxylic acids is 2. The third-order valence-corrected chi connectivity index (χ3v) is 5.60. The van der Waals surface area contributed by atoms with Gasteiger partial charge in [-0.15, -0.1) is 0 Å². The molecule has 1 saturated heterocycles. The molecule has 2 aliphatic rings. The number of fused-ring (bicyclic) bond motifs is 1. The smallest absolute Gasteiger partial charge is 0.236 e. The topological polar surface area (TPSA) is 43.9 Å². The molecule has 0 bridgehead atoms. The summed E-state index contributed by atoms with van der Waals surface area (Å²) in [7, 11) is 0. The first-order valence-corrected chi connectivity index (χ1v) is 9.71. The van der Waals surface area contributed by atoms with Crippen LogP contribution in [0.3, 0.4) is 0 Å². The third-order valence-electron chi connectivity index (χ3n) is 5.60. The Balaban J connectivity index is 1.35. The van der Waals surface area contributed by atoms with Crippen molar-refractivity contribution in [1.82, 2.24) is 4.90 Å². The molecule has 2 amide bonds. The molecule has 2 aliphatic heterocycles. The molecule has 5 nitrogen and oxygen atoms in total. The van der Waals surface area contributed by atoms with Crippen molar-refractivity contribution >= 4 is 23.2 Å². The number of nitrogens with zero attached hydrogens (tertiary/aromatic N) is 3. The lowest BCUT2D eigenvalue weighted by Gasteiger charge is -2.36. The summed E-state index contributed by atoms with van der Waals surface area (Å²) < 4.78 is 13.1. The van der Waals surface area contributed by atoms with Crippen LogP contribution in [0, 0.1) is 5.82 Å². The van der Waals surface area contributed by atoms with Crippen LogP contribution in [0.25, 0.3) is 0 Å². The maximum absolute atomic E-state index is 13.1. The van der Waals surface area contributed by atoms with Crippen LogP contribution >= 0.6 is 0 Å². The Kier molecular flexibility index (Phi) is 5.03. The van der Waals surface area contributed by atoms with E-state index < -0.39 is 0 Å². The summed E-state index contributed by atoms with van der Waals surface area (Å²) in [6.07, 6.45) is 0.724. The highest BCUT2D eigenvalue weighted by Crippen LogP contribution is 2.32. The number of rotatable bonds is 3. The van der Waals surface area contributed by atoms with Gasteiger partial charge < -0.3 is 14.7 Å². The standard InChI is InChI=1S/C22H24FN3O2/c1-16-14-17-4-2-3-5-20(17)26(16)22(28)15-21(27)25-12-10-24(11-13-25)19-8-6-18(23)7-9-19/h2-9,16H,10-15H2,1H3. The molecule has 0 spiro atoms. The Bertz CT molecular complexity index is 876. The fraction of sp³-hybridized carbons (Fsp3) is 0.364. The predicted octanol–water partition coefficient (Wildman–Crippen LogP) is 2.84. The highest BCUT2D eigenvalue weighted by molar-refractivity contribution is 6.06. The lowest BCUT2D eigenvalue weighted by Crippen LogP contribution is -2.50. The van der Waals surface area contributed by atoms with E-state index in [0.29, 0.717) is 26.2 Å². The number of benzene rings is 2. The molecule has 1 atom stereocenters. The molecule has 28 heavy (non-hydrogen) atoms. The van der Waals surface area contributed by atoms with Crippen LogP contribution in [-0.2, 0) is 16.0 Å². The van der Waals surface area contributed by atoms with E-state index >= 15 is 0 Å². The average Bonchev–Trinajstić information content (AvgIpc) is 3.04. The van der Waals surface area contributed by atoms with Crippen LogP contribution < -0.4 is 9.80 Å². The van der Waals surface area contributed by atoms with Gasteiger partial charge in [0.1, 0.15) is 12.2 Å². The van der Waals surface area contributed by atoms with Crippen molar-refractivity contribution in [1.29, 1.82) is 0 Å². The quantitative estimate of drug-likeness (QED) is 0.768. The largest absolute Gasteiger partial charge is 0.368 e. The van der Waals surface area contributed by atoms with Gasteiger partial charge in [0.25, 0.3) is 0 Å². The minimum atomic E-state index is -0.256. The molecule has 0 aromatic heterocycles. The van der Waals surface area contributed by atoms with Gasteiger partial charge in [-0.05, 0) is 49.2 Å². The Morgan fingerprint density at radius 2 is 1.64 bits per heavy atom. The van der Waals surface area contributed by atoms with Crippen LogP contribution in [0.1, 0.15) is 18.9 Å². The summed E-state index contributed by atoms with van der Waals surface area (Å²) in [4.78, 5) is 31.2. The summed E-state index contributed by atoms with van der Waals surface area (Å²) in [5, 5.41) is 0. The molecular formula is C22H24FN3O2. The van der Waals surface area contributed by atoms with E-state index in [-0.39, 0.29) is 30.1 Å². The van der Waals surface area contributed by atoms with E-state index in [1.54, 1.807) is 21.9 Å². The number of para-hydroxylation sites is 1. The van der Waals surface area contributed by atoms with Crippen LogP contribution in [0.2, 0.25) is 0 Å². The first-order chi connectivity index (χ1) is 13.5. The van der Waals surface area contributed by atoms with Crippen molar-refractivity contribution in [2.45, 2.75) is 25.8 Å². The molecular weight excluding hydrogens is 357 g/mol. The molecule has 2 aromatic carbocycles. The molecule has 146 valence electrons. The maximum atomic E-state index is 13.1. The Morgan fingerprint density at radius 1 is 0.964 bits per heavy atom. The van der Waals surface area contributed by atoms with Gasteiger partial charge in [0.2, 0.25) is 11.8 Å². The zero-order valence-corrected chi connectivity index (χ0v) is 16.0. The Labute approximate surface area is 164 Å². The molecule has 0 radical (unpaired) electrons. The lowest BCUT2D eigenvalue weighted by atomic mass is 10.1. The zero-order valence-electron chi connectivity index (χ0n) is 16.0. The van der Waals surface area contributed by atoms with Gasteiger partial charge in [0, 0.05) is 43.6 Å². The summed E-state index contributed by atoms with van der Waals surface area (Å²) >= 11 is 0. The number of anilines is 2. The van der Waals surface area contributed by atoms with Crippen molar-refractivity contribution in [3.63, 3.8) is 0 Å². The van der Waals surface area contributed by atoms with E-state index in [1.165, 1.54) is 12.1 Å². The van der Waals surface area contributed by atoms with E-state index in [4.69, 9.17) is 0 Å². The minimum absolute atomic E-state index is 0.0769. The fourth-order valence-electron chi connectivity index (χ4n) is 4.14. The SMILES string of the molecule is CC1Cc2ccccc2N1C(=O)CC(=O)N1CCN(c2ccc(F)cc2)CC1. The van der Waals surface area contributed by atoms with E-state index in [2.05, 4.69) is 4.90 Å². The maximum Gasteiger partial charge on any atom is 0.236 e. The van der Waals surface area contributed by atoms with Gasteiger partial charge >= 0.3 is 0 Å². The van der Waals surface area contributed by atoms with Crippen molar-refractivity contribution < 1.29 is 14.0 Å². The molecule has 0 N–H and O–H groups in total. The molecule has 0 saturated carbocycles. The van der Waals surface area contributed by atoms with Crippen LogP contribution in [0.15, 0.2) is 48.5 Å². The van der Waals surface area contributed by atoms with Crippen LogP contribution in [-0.4, -0.2) is 48.9 Å². The van der Waals surface area contributed by atoms with Gasteiger partial charge in [-0.25, -0.2) is 4.39 Å². The molecule has 2 aromatic rings. The van der Waals surface area contributed by atoms with Crippen molar-refractivity contribution in [2.75, 3.05) is 36.0 Å². The molecule has 6 heteroatoms. The molecule has 1 fully saturated rings. The zero-order chi connectivity index (χ0) is 19.7. The summed E-state index contributed by atoms with van der Waals surface area (Å²) in [5.74, 6) is -0.516. The fourth-order valence-corrected chi connectivity index (χ4v) is 4.14. The number of amides is 2. The van der Waals surface area contributed by atoms with Gasteiger partial charge in [-0.3, -0.25) is 9.59 Å². The second-order valence-electron chi connectivity index (χ2n) is 7.47. The van der Waals surface area contributed by atoms with Crippen molar-refractivity contribution in [2.24, 2.45) is 0 Å². The highest BCUT2D eigenvalue weighted by atomic mass is 19.1. The molecule has 0 aliphatic carbocycles. The number of halogens is 1. The van der Waals surface area contributed by atoms with E-state index in [0.717, 1.165) is 23.4 Å². The van der Waals surface area contributed by atoms with Crippen molar-refractivity contribution in [3.8, 4) is 0 Å². The monoisotopic (exact) mass is 381 g/mol. The van der Waals surface area contributed by atoms with E-state index in [9.17, 15) is 14.0 Å². The van der Waals surface area contributed by atoms with Gasteiger partial charge in [-0.1, -0.05) is 18.2 Å². The first kappa shape index (κ1) is 18.5. The number of hydrogen-bond donors (Lipinski definition) is 0. The summed E-state index contributed by atoms with van der Waals surface area (Å²) in [6.45, 7) is 4.50. The summed E-state index contributed by atoms with van der Waals surface area (Å²) in [5.41, 5.74) is 3.03. The number of hydrogen-bond acceptors (Lipinski definition) is 3. The summed E-state index contributed by atoms with van der Waals surface area (Å²) in [6, 6.07) is 14.4. The molecule has 1 unspecified atom stereocenters. The first-order valence-electron chi connectivity index (χ1n) is 9.71. The Hall–Kier alpha value is -2.89. The lowest BCUT2D eigenvalue weighted by molar-refractivity contribution is -0.135. The normalized spacial score (nSPS) is 18.9. The second-order valence-corrected chi connectivity index (χ2v) is 7.47. The van der Waals surface area contributed by atoms with Gasteiger partial charge in [0.15, 0.2) is 0 Å². The average molecular weight is 381 g/mol. The van der Waals surface area contributed by atoms with Gasteiger partial charge in [-0.2, -0.15) is 0 Å². The molecule has 4 rings (SSSR count). The number of carbonyl (C=O) groups is 2. The minimum Gasteiger partial charge on any atom is -0.368 e. The Morgan fingerprint density at radius 3 is 2.36 bits per heavy atom.